The molecule has 2 rings (SSSR count). The summed E-state index contributed by atoms with van der Waals surface area (Å²) >= 11 is 11.8. The lowest BCUT2D eigenvalue weighted by molar-refractivity contribution is 0.256. The standard InChI is InChI=1S/C15H23Cl2N3O4S2/c1-3-18(4-2)26(23,24)20-9-7-19(8-10-20)25(21,22)12-13-5-6-14(16)15(17)11-13/h5-6,11H,3-4,7-10,12H2,1-2H3. The first kappa shape index (κ1) is 21.9. The van der Waals surface area contributed by atoms with Crippen molar-refractivity contribution in [3.63, 3.8) is 0 Å². The fraction of sp³-hybridized carbons (Fsp3) is 0.600. The van der Waals surface area contributed by atoms with Crippen LogP contribution in [-0.4, -0.2) is 69.0 Å². The fourth-order valence-corrected chi connectivity index (χ4v) is 6.25. The molecular formula is C15H23Cl2N3O4S2. The normalized spacial score (nSPS) is 17.7. The summed E-state index contributed by atoms with van der Waals surface area (Å²) in [6, 6.07) is 4.71. The van der Waals surface area contributed by atoms with Crippen LogP contribution in [0.3, 0.4) is 0 Å². The molecule has 26 heavy (non-hydrogen) atoms. The third-order valence-corrected chi connectivity index (χ3v) is 9.06. The smallest absolute Gasteiger partial charge is 0.212 e. The summed E-state index contributed by atoms with van der Waals surface area (Å²) in [6.45, 7) is 4.86. The molecule has 1 saturated heterocycles. The Morgan fingerprint density at radius 1 is 0.923 bits per heavy atom. The molecule has 1 aromatic carbocycles. The first-order valence-electron chi connectivity index (χ1n) is 8.28. The third kappa shape index (κ3) is 4.89. The van der Waals surface area contributed by atoms with Crippen LogP contribution in [-0.2, 0) is 26.0 Å². The van der Waals surface area contributed by atoms with E-state index in [0.717, 1.165) is 0 Å². The van der Waals surface area contributed by atoms with E-state index in [9.17, 15) is 16.8 Å². The second-order valence-corrected chi connectivity index (χ2v) is 10.6. The molecule has 0 radical (unpaired) electrons. The molecule has 0 amide bonds. The van der Waals surface area contributed by atoms with Gasteiger partial charge in [0.25, 0.3) is 10.2 Å². The molecule has 0 saturated carbocycles. The van der Waals surface area contributed by atoms with Crippen molar-refractivity contribution in [3.8, 4) is 0 Å². The number of piperazine rings is 1. The number of benzene rings is 1. The summed E-state index contributed by atoms with van der Waals surface area (Å²) in [5, 5.41) is 0.664. The van der Waals surface area contributed by atoms with E-state index >= 15 is 0 Å². The molecule has 0 aliphatic carbocycles. The zero-order valence-corrected chi connectivity index (χ0v) is 17.9. The lowest BCUT2D eigenvalue weighted by atomic mass is 10.2. The summed E-state index contributed by atoms with van der Waals surface area (Å²) in [7, 11) is -7.12. The van der Waals surface area contributed by atoms with Gasteiger partial charge in [-0.3, -0.25) is 0 Å². The highest BCUT2D eigenvalue weighted by molar-refractivity contribution is 7.88. The Hall–Kier alpha value is -0.420. The predicted molar refractivity (Wildman–Crippen MR) is 104 cm³/mol. The van der Waals surface area contributed by atoms with E-state index in [0.29, 0.717) is 28.7 Å². The topological polar surface area (TPSA) is 78.0 Å². The number of hydrogen-bond acceptors (Lipinski definition) is 4. The molecule has 1 aliphatic heterocycles. The molecule has 11 heteroatoms. The number of rotatable bonds is 7. The van der Waals surface area contributed by atoms with E-state index in [1.807, 2.05) is 0 Å². The number of sulfonamides is 1. The second-order valence-electron chi connectivity index (χ2n) is 5.89. The third-order valence-electron chi connectivity index (χ3n) is 4.28. The summed E-state index contributed by atoms with van der Waals surface area (Å²) in [5.74, 6) is -0.202. The van der Waals surface area contributed by atoms with Crippen molar-refractivity contribution in [2.75, 3.05) is 39.3 Å². The van der Waals surface area contributed by atoms with Crippen LogP contribution < -0.4 is 0 Å². The molecule has 1 heterocycles. The minimum Gasteiger partial charge on any atom is -0.212 e. The van der Waals surface area contributed by atoms with Gasteiger partial charge in [-0.2, -0.15) is 21.3 Å². The highest BCUT2D eigenvalue weighted by Gasteiger charge is 2.34. The van der Waals surface area contributed by atoms with Crippen LogP contribution in [0, 0.1) is 0 Å². The number of nitrogens with zero attached hydrogens (tertiary/aromatic N) is 3. The predicted octanol–water partition coefficient (Wildman–Crippen LogP) is 2.03. The van der Waals surface area contributed by atoms with E-state index in [1.165, 1.54) is 19.0 Å². The van der Waals surface area contributed by atoms with Crippen molar-refractivity contribution in [2.45, 2.75) is 19.6 Å². The van der Waals surface area contributed by atoms with Crippen LogP contribution in [0.5, 0.6) is 0 Å². The molecule has 1 fully saturated rings. The van der Waals surface area contributed by atoms with Crippen LogP contribution in [0.4, 0.5) is 0 Å². The van der Waals surface area contributed by atoms with Crippen molar-refractivity contribution < 1.29 is 16.8 Å². The van der Waals surface area contributed by atoms with Gasteiger partial charge < -0.3 is 0 Å². The molecular weight excluding hydrogens is 421 g/mol. The van der Waals surface area contributed by atoms with Gasteiger partial charge in [-0.05, 0) is 17.7 Å². The van der Waals surface area contributed by atoms with Crippen molar-refractivity contribution in [2.24, 2.45) is 0 Å². The second kappa shape index (κ2) is 8.72. The first-order valence-corrected chi connectivity index (χ1v) is 12.0. The zero-order chi connectivity index (χ0) is 19.5. The van der Waals surface area contributed by atoms with Crippen molar-refractivity contribution in [3.05, 3.63) is 33.8 Å². The van der Waals surface area contributed by atoms with Crippen LogP contribution in [0.2, 0.25) is 10.0 Å². The Bertz CT molecular complexity index is 834. The zero-order valence-electron chi connectivity index (χ0n) is 14.7. The first-order chi connectivity index (χ1) is 12.1. The van der Waals surface area contributed by atoms with E-state index < -0.39 is 20.2 Å². The van der Waals surface area contributed by atoms with Crippen LogP contribution in [0.15, 0.2) is 18.2 Å². The average molecular weight is 444 g/mol. The van der Waals surface area contributed by atoms with Gasteiger partial charge in [-0.15, -0.1) is 0 Å². The highest BCUT2D eigenvalue weighted by Crippen LogP contribution is 2.24. The quantitative estimate of drug-likeness (QED) is 0.645. The van der Waals surface area contributed by atoms with E-state index in [2.05, 4.69) is 0 Å². The molecule has 0 bridgehead atoms. The Morgan fingerprint density at radius 2 is 1.46 bits per heavy atom. The summed E-state index contributed by atoms with van der Waals surface area (Å²) < 4.78 is 54.3. The minimum absolute atomic E-state index is 0.129. The molecule has 0 unspecified atom stereocenters. The van der Waals surface area contributed by atoms with Crippen molar-refractivity contribution >= 4 is 43.4 Å². The van der Waals surface area contributed by atoms with Crippen LogP contribution >= 0.6 is 23.2 Å². The molecule has 148 valence electrons. The summed E-state index contributed by atoms with van der Waals surface area (Å²) in [6.07, 6.45) is 0. The summed E-state index contributed by atoms with van der Waals surface area (Å²) in [4.78, 5) is 0. The molecule has 1 aromatic rings. The number of halogens is 2. The van der Waals surface area contributed by atoms with Crippen LogP contribution in [0.25, 0.3) is 0 Å². The maximum absolute atomic E-state index is 12.6. The number of hydrogen-bond donors (Lipinski definition) is 0. The molecule has 1 aliphatic rings. The van der Waals surface area contributed by atoms with Gasteiger partial charge in [0.1, 0.15) is 0 Å². The molecule has 0 atom stereocenters. The SMILES string of the molecule is CCN(CC)S(=O)(=O)N1CCN(S(=O)(=O)Cc2ccc(Cl)c(Cl)c2)CC1. The Labute approximate surface area is 165 Å². The molecule has 0 spiro atoms. The van der Waals surface area contributed by atoms with E-state index in [-0.39, 0.29) is 31.9 Å². The highest BCUT2D eigenvalue weighted by atomic mass is 35.5. The van der Waals surface area contributed by atoms with Gasteiger partial charge in [0.15, 0.2) is 0 Å². The van der Waals surface area contributed by atoms with Gasteiger partial charge in [-0.25, -0.2) is 8.42 Å². The van der Waals surface area contributed by atoms with Gasteiger partial charge >= 0.3 is 0 Å². The monoisotopic (exact) mass is 443 g/mol. The van der Waals surface area contributed by atoms with Gasteiger partial charge in [-0.1, -0.05) is 43.1 Å². The van der Waals surface area contributed by atoms with Crippen LogP contribution in [0.1, 0.15) is 19.4 Å². The lowest BCUT2D eigenvalue weighted by Gasteiger charge is -2.35. The van der Waals surface area contributed by atoms with Gasteiger partial charge in [0, 0.05) is 39.3 Å². The van der Waals surface area contributed by atoms with Gasteiger partial charge in [0.2, 0.25) is 10.0 Å². The minimum atomic E-state index is -3.57. The fourth-order valence-electron chi connectivity index (χ4n) is 2.82. The molecule has 0 aromatic heterocycles. The Balaban J connectivity index is 2.05. The maximum atomic E-state index is 12.6. The van der Waals surface area contributed by atoms with Gasteiger partial charge in [0.05, 0.1) is 15.8 Å². The molecule has 7 nitrogen and oxygen atoms in total. The average Bonchev–Trinajstić information content (AvgIpc) is 2.59. The van der Waals surface area contributed by atoms with Crippen molar-refractivity contribution in [1.29, 1.82) is 0 Å². The lowest BCUT2D eigenvalue weighted by Crippen LogP contribution is -2.54. The summed E-state index contributed by atoms with van der Waals surface area (Å²) in [5.41, 5.74) is 0.539. The van der Waals surface area contributed by atoms with E-state index in [4.69, 9.17) is 23.2 Å². The maximum Gasteiger partial charge on any atom is 0.282 e. The Kier molecular flexibility index (Phi) is 7.34. The largest absolute Gasteiger partial charge is 0.282 e. The molecule has 0 N–H and O–H groups in total. The van der Waals surface area contributed by atoms with Crippen molar-refractivity contribution in [1.82, 2.24) is 12.9 Å². The van der Waals surface area contributed by atoms with E-state index in [1.54, 1.807) is 26.0 Å². The Morgan fingerprint density at radius 3 is 1.96 bits per heavy atom.